The normalized spacial score (nSPS) is 12.2. The lowest BCUT2D eigenvalue weighted by Crippen LogP contribution is -2.50. The SMILES string of the molecule is CC(C)C(NC(=O)Cn1c(-c2ccccc2)ccc(NC(=O)Cc2ccc(C(=O)NS(=O)(=O)c3ccccc3)cc2)c1=O)C(=O)C(F)(F)F. The summed E-state index contributed by atoms with van der Waals surface area (Å²) in [6, 6.07) is 22.1. The third-order valence-electron chi connectivity index (χ3n) is 7.23. The Morgan fingerprint density at radius 2 is 1.39 bits per heavy atom. The van der Waals surface area contributed by atoms with Crippen molar-refractivity contribution in [1.29, 1.82) is 0 Å². The van der Waals surface area contributed by atoms with Crippen LogP contribution in [-0.2, 0) is 37.4 Å². The Labute approximate surface area is 279 Å². The van der Waals surface area contributed by atoms with Crippen molar-refractivity contribution in [2.24, 2.45) is 5.92 Å². The summed E-state index contributed by atoms with van der Waals surface area (Å²) in [5.41, 5.74) is 0.0848. The number of anilines is 1. The third kappa shape index (κ3) is 9.28. The summed E-state index contributed by atoms with van der Waals surface area (Å²) in [5, 5.41) is 4.56. The van der Waals surface area contributed by atoms with Crippen LogP contribution in [0.2, 0.25) is 0 Å². The van der Waals surface area contributed by atoms with Gasteiger partial charge in [0, 0.05) is 5.56 Å². The zero-order valence-electron chi connectivity index (χ0n) is 26.2. The Kier molecular flexibility index (Phi) is 11.2. The van der Waals surface area contributed by atoms with Crippen molar-refractivity contribution in [1.82, 2.24) is 14.6 Å². The largest absolute Gasteiger partial charge is 0.452 e. The highest BCUT2D eigenvalue weighted by Crippen LogP contribution is 2.22. The van der Waals surface area contributed by atoms with Gasteiger partial charge in [-0.3, -0.25) is 28.5 Å². The number of pyridine rings is 1. The van der Waals surface area contributed by atoms with Crippen molar-refractivity contribution in [2.45, 2.75) is 43.9 Å². The van der Waals surface area contributed by atoms with E-state index in [0.717, 1.165) is 4.57 Å². The van der Waals surface area contributed by atoms with E-state index in [1.807, 2.05) is 4.72 Å². The van der Waals surface area contributed by atoms with E-state index in [9.17, 15) is 45.6 Å². The minimum absolute atomic E-state index is 0.0120. The van der Waals surface area contributed by atoms with Crippen LogP contribution in [0.25, 0.3) is 11.3 Å². The average molecular weight is 697 g/mol. The molecule has 0 bridgehead atoms. The van der Waals surface area contributed by atoms with E-state index in [-0.39, 0.29) is 28.3 Å². The maximum absolute atomic E-state index is 13.6. The summed E-state index contributed by atoms with van der Waals surface area (Å²) in [6.45, 7) is 1.92. The highest BCUT2D eigenvalue weighted by molar-refractivity contribution is 7.90. The summed E-state index contributed by atoms with van der Waals surface area (Å²) in [7, 11) is -4.11. The van der Waals surface area contributed by atoms with Crippen molar-refractivity contribution in [3.8, 4) is 11.3 Å². The third-order valence-corrected chi connectivity index (χ3v) is 8.57. The van der Waals surface area contributed by atoms with Gasteiger partial charge in [0.1, 0.15) is 12.2 Å². The Morgan fingerprint density at radius 3 is 1.96 bits per heavy atom. The molecule has 3 N–H and O–H groups in total. The van der Waals surface area contributed by atoms with Crippen LogP contribution in [0.15, 0.2) is 107 Å². The van der Waals surface area contributed by atoms with E-state index in [2.05, 4.69) is 10.6 Å². The standard InChI is InChI=1S/C34H31F3N4O7S/c1-21(2)30(31(44)34(35,36)37)39-29(43)20-41-27(23-9-5-3-6-10-23)18-17-26(33(41)46)38-28(42)19-22-13-15-24(16-14-22)32(45)40-49(47,48)25-11-7-4-8-12-25/h3-18,21,30H,19-20H2,1-2H3,(H,38,42)(H,39,43)(H,40,45). The number of ketones is 1. The molecule has 1 unspecified atom stereocenters. The number of carbonyl (C=O) groups is 4. The molecule has 15 heteroatoms. The van der Waals surface area contributed by atoms with Gasteiger partial charge in [0.25, 0.3) is 27.3 Å². The molecule has 0 saturated heterocycles. The van der Waals surface area contributed by atoms with Crippen molar-refractivity contribution in [2.75, 3.05) is 5.32 Å². The van der Waals surface area contributed by atoms with Gasteiger partial charge in [0.15, 0.2) is 0 Å². The number of hydrogen-bond donors (Lipinski definition) is 3. The molecule has 0 aliphatic heterocycles. The lowest BCUT2D eigenvalue weighted by atomic mass is 9.99. The summed E-state index contributed by atoms with van der Waals surface area (Å²) < 4.78 is 67.3. The van der Waals surface area contributed by atoms with Crippen LogP contribution in [0, 0.1) is 5.92 Å². The Balaban J connectivity index is 1.51. The van der Waals surface area contributed by atoms with E-state index in [1.54, 1.807) is 36.4 Å². The van der Waals surface area contributed by atoms with Gasteiger partial charge in [-0.1, -0.05) is 74.5 Å². The van der Waals surface area contributed by atoms with Gasteiger partial charge < -0.3 is 10.6 Å². The van der Waals surface area contributed by atoms with Crippen LogP contribution in [0.3, 0.4) is 0 Å². The van der Waals surface area contributed by atoms with Gasteiger partial charge in [-0.15, -0.1) is 0 Å². The molecule has 49 heavy (non-hydrogen) atoms. The van der Waals surface area contributed by atoms with E-state index < -0.39 is 63.8 Å². The Bertz CT molecular complexity index is 2010. The molecule has 0 fully saturated rings. The maximum Gasteiger partial charge on any atom is 0.452 e. The topological polar surface area (TPSA) is 161 Å². The maximum atomic E-state index is 13.6. The van der Waals surface area contributed by atoms with Gasteiger partial charge in [0.05, 0.1) is 23.1 Å². The predicted molar refractivity (Wildman–Crippen MR) is 174 cm³/mol. The number of Topliss-reactive ketones (excluding diaryl/α,β-unsaturated/α-hetero) is 1. The fraction of sp³-hybridized carbons (Fsp3) is 0.206. The predicted octanol–water partition coefficient (Wildman–Crippen LogP) is 4.09. The number of nitrogens with one attached hydrogen (secondary N) is 3. The molecule has 4 aromatic rings. The van der Waals surface area contributed by atoms with E-state index in [0.29, 0.717) is 11.1 Å². The Morgan fingerprint density at radius 1 is 0.796 bits per heavy atom. The smallest absolute Gasteiger partial charge is 0.344 e. The molecule has 0 saturated carbocycles. The molecule has 0 radical (unpaired) electrons. The number of hydrogen-bond acceptors (Lipinski definition) is 7. The molecule has 11 nitrogen and oxygen atoms in total. The summed E-state index contributed by atoms with van der Waals surface area (Å²) in [4.78, 5) is 63.8. The highest BCUT2D eigenvalue weighted by atomic mass is 32.2. The summed E-state index contributed by atoms with van der Waals surface area (Å²) in [5.74, 6) is -5.59. The first-order valence-electron chi connectivity index (χ1n) is 14.8. The molecular formula is C34H31F3N4O7S. The lowest BCUT2D eigenvalue weighted by molar-refractivity contribution is -0.174. The minimum Gasteiger partial charge on any atom is -0.344 e. The van der Waals surface area contributed by atoms with Crippen LogP contribution in [0.4, 0.5) is 18.9 Å². The lowest BCUT2D eigenvalue weighted by Gasteiger charge is -2.23. The Hall–Kier alpha value is -5.57. The van der Waals surface area contributed by atoms with Gasteiger partial charge >= 0.3 is 6.18 Å². The summed E-state index contributed by atoms with van der Waals surface area (Å²) in [6.07, 6.45) is -5.45. The first-order valence-corrected chi connectivity index (χ1v) is 16.3. The van der Waals surface area contributed by atoms with E-state index in [1.165, 1.54) is 74.5 Å². The van der Waals surface area contributed by atoms with Crippen molar-refractivity contribution >= 4 is 39.2 Å². The number of nitrogens with zero attached hydrogens (tertiary/aromatic N) is 1. The number of alkyl halides is 3. The van der Waals surface area contributed by atoms with Gasteiger partial charge in [-0.25, -0.2) is 13.1 Å². The highest BCUT2D eigenvalue weighted by Gasteiger charge is 2.45. The molecule has 3 amide bonds. The summed E-state index contributed by atoms with van der Waals surface area (Å²) >= 11 is 0. The first-order chi connectivity index (χ1) is 23.1. The molecule has 4 rings (SSSR count). The molecule has 1 heterocycles. The molecule has 0 aliphatic rings. The number of amides is 3. The monoisotopic (exact) mass is 696 g/mol. The van der Waals surface area contributed by atoms with Crippen LogP contribution in [0.1, 0.15) is 29.8 Å². The molecular weight excluding hydrogens is 665 g/mol. The zero-order chi connectivity index (χ0) is 35.9. The number of sulfonamides is 1. The van der Waals surface area contributed by atoms with Crippen LogP contribution in [-0.4, -0.2) is 48.7 Å². The number of benzene rings is 3. The minimum atomic E-state index is -5.19. The second-order valence-electron chi connectivity index (χ2n) is 11.2. The number of rotatable bonds is 12. The van der Waals surface area contributed by atoms with Gasteiger partial charge in [0.2, 0.25) is 11.8 Å². The van der Waals surface area contributed by atoms with Gasteiger partial charge in [-0.2, -0.15) is 13.2 Å². The fourth-order valence-electron chi connectivity index (χ4n) is 4.76. The van der Waals surface area contributed by atoms with Crippen molar-refractivity contribution in [3.63, 3.8) is 0 Å². The first kappa shape index (κ1) is 36.3. The number of carbonyl (C=O) groups excluding carboxylic acids is 4. The molecule has 0 aliphatic carbocycles. The van der Waals surface area contributed by atoms with Crippen molar-refractivity contribution in [3.05, 3.63) is 119 Å². The second kappa shape index (κ2) is 15.1. The quantitative estimate of drug-likeness (QED) is 0.201. The van der Waals surface area contributed by atoms with E-state index >= 15 is 0 Å². The van der Waals surface area contributed by atoms with E-state index in [4.69, 9.17) is 0 Å². The van der Waals surface area contributed by atoms with Crippen LogP contribution >= 0.6 is 0 Å². The number of halogens is 3. The zero-order valence-corrected chi connectivity index (χ0v) is 27.0. The average Bonchev–Trinajstić information content (AvgIpc) is 3.05. The molecule has 1 aromatic heterocycles. The molecule has 1 atom stereocenters. The second-order valence-corrected chi connectivity index (χ2v) is 12.9. The number of aromatic nitrogens is 1. The fourth-order valence-corrected chi connectivity index (χ4v) is 5.75. The van der Waals surface area contributed by atoms with Crippen molar-refractivity contribution < 1.29 is 40.8 Å². The van der Waals surface area contributed by atoms with Gasteiger partial charge in [-0.05, 0) is 53.4 Å². The van der Waals surface area contributed by atoms with Crippen LogP contribution < -0.4 is 20.9 Å². The molecule has 0 spiro atoms. The van der Waals surface area contributed by atoms with Crippen LogP contribution in [0.5, 0.6) is 0 Å². The molecule has 256 valence electrons. The molecule has 3 aromatic carbocycles.